The van der Waals surface area contributed by atoms with Crippen LogP contribution in [0.15, 0.2) is 0 Å². The molecule has 1 heterocycles. The summed E-state index contributed by atoms with van der Waals surface area (Å²) in [7, 11) is 1.88. The van der Waals surface area contributed by atoms with Crippen molar-refractivity contribution in [3.05, 3.63) is 17.0 Å². The number of amides is 1. The van der Waals surface area contributed by atoms with Crippen molar-refractivity contribution in [3.8, 4) is 0 Å². The number of thioether (sulfide) groups is 1. The number of rotatable bonds is 4. The lowest BCUT2D eigenvalue weighted by Gasteiger charge is -2.20. The minimum absolute atomic E-state index is 0.0386. The number of aryl methyl sites for hydroxylation is 2. The van der Waals surface area contributed by atoms with Crippen LogP contribution in [0.4, 0.5) is 0 Å². The van der Waals surface area contributed by atoms with Gasteiger partial charge in [-0.25, -0.2) is 0 Å². The number of carbonyl (C=O) groups excluding carboxylic acids is 1. The van der Waals surface area contributed by atoms with Crippen LogP contribution in [0.25, 0.3) is 0 Å². The summed E-state index contributed by atoms with van der Waals surface area (Å²) in [6.07, 6.45) is 3.53. The van der Waals surface area contributed by atoms with Crippen LogP contribution in [-0.2, 0) is 7.05 Å². The first-order valence-corrected chi connectivity index (χ1v) is 8.02. The minimum atomic E-state index is 0.0386. The number of aromatic nitrogens is 2. The highest BCUT2D eigenvalue weighted by Crippen LogP contribution is 2.30. The molecule has 1 saturated carbocycles. The molecule has 1 aromatic rings. The van der Waals surface area contributed by atoms with Crippen molar-refractivity contribution in [2.75, 3.05) is 5.75 Å². The fraction of sp³-hybridized carbons (Fsp3) is 0.714. The van der Waals surface area contributed by atoms with E-state index in [-0.39, 0.29) is 5.91 Å². The lowest BCUT2D eigenvalue weighted by atomic mass is 10.1. The molecule has 0 unspecified atom stereocenters. The van der Waals surface area contributed by atoms with E-state index in [1.165, 1.54) is 12.8 Å². The molecule has 2 atom stereocenters. The Morgan fingerprint density at radius 2 is 2.21 bits per heavy atom. The van der Waals surface area contributed by atoms with Gasteiger partial charge in [-0.05, 0) is 32.4 Å². The third-order valence-corrected chi connectivity index (χ3v) is 5.21. The van der Waals surface area contributed by atoms with E-state index in [1.54, 1.807) is 4.68 Å². The number of hydrogen-bond donors (Lipinski definition) is 1. The molecular weight excluding hydrogens is 258 g/mol. The van der Waals surface area contributed by atoms with Crippen molar-refractivity contribution in [2.45, 2.75) is 51.3 Å². The van der Waals surface area contributed by atoms with Gasteiger partial charge in [-0.2, -0.15) is 16.9 Å². The summed E-state index contributed by atoms with van der Waals surface area (Å²) in [6, 6.07) is 0.316. The van der Waals surface area contributed by atoms with Gasteiger partial charge < -0.3 is 5.32 Å². The second-order valence-corrected chi connectivity index (χ2v) is 6.69. The summed E-state index contributed by atoms with van der Waals surface area (Å²) in [4.78, 5) is 12.4. The highest BCUT2D eigenvalue weighted by molar-refractivity contribution is 7.99. The zero-order valence-corrected chi connectivity index (χ0v) is 13.0. The van der Waals surface area contributed by atoms with Crippen molar-refractivity contribution in [2.24, 2.45) is 7.05 Å². The van der Waals surface area contributed by atoms with Gasteiger partial charge >= 0.3 is 0 Å². The number of hydrogen-bond acceptors (Lipinski definition) is 3. The van der Waals surface area contributed by atoms with Gasteiger partial charge in [0.15, 0.2) is 0 Å². The van der Waals surface area contributed by atoms with E-state index in [0.717, 1.165) is 29.1 Å². The molecule has 5 heteroatoms. The molecule has 1 aliphatic rings. The number of nitrogens with zero attached hydrogens (tertiary/aromatic N) is 2. The maximum atomic E-state index is 12.4. The first-order chi connectivity index (χ1) is 9.04. The first kappa shape index (κ1) is 14.4. The highest BCUT2D eigenvalue weighted by atomic mass is 32.2. The second-order valence-electron chi connectivity index (χ2n) is 5.17. The predicted octanol–water partition coefficient (Wildman–Crippen LogP) is 2.44. The van der Waals surface area contributed by atoms with Gasteiger partial charge in [0.25, 0.3) is 5.91 Å². The normalized spacial score (nSPS) is 22.7. The summed E-state index contributed by atoms with van der Waals surface area (Å²) >= 11 is 1.96. The minimum Gasteiger partial charge on any atom is -0.348 e. The number of carbonyl (C=O) groups is 1. The van der Waals surface area contributed by atoms with Gasteiger partial charge in [0, 0.05) is 24.0 Å². The standard InChI is InChI=1S/C14H23N3OS/c1-5-19-12-8-6-7-11(12)15-14(18)13-9(2)16-17(4)10(13)3/h11-12H,5-8H2,1-4H3,(H,15,18)/t11-,12-/m0/s1. The van der Waals surface area contributed by atoms with E-state index in [4.69, 9.17) is 0 Å². The van der Waals surface area contributed by atoms with E-state index < -0.39 is 0 Å². The second kappa shape index (κ2) is 5.99. The van der Waals surface area contributed by atoms with Crippen LogP contribution < -0.4 is 5.32 Å². The molecule has 1 aliphatic carbocycles. The van der Waals surface area contributed by atoms with Gasteiger partial charge in [0.2, 0.25) is 0 Å². The topological polar surface area (TPSA) is 46.9 Å². The Bertz CT molecular complexity index is 470. The SMILES string of the molecule is CCS[C@H]1CCC[C@@H]1NC(=O)c1c(C)nn(C)c1C. The summed E-state index contributed by atoms with van der Waals surface area (Å²) < 4.78 is 1.77. The zero-order valence-electron chi connectivity index (χ0n) is 12.2. The Morgan fingerprint density at radius 3 is 2.79 bits per heavy atom. The predicted molar refractivity (Wildman–Crippen MR) is 79.7 cm³/mol. The quantitative estimate of drug-likeness (QED) is 0.922. The molecule has 1 fully saturated rings. The molecule has 1 N–H and O–H groups in total. The van der Waals surface area contributed by atoms with Crippen LogP contribution >= 0.6 is 11.8 Å². The molecule has 1 aromatic heterocycles. The Hall–Kier alpha value is -0.970. The number of nitrogens with one attached hydrogen (secondary N) is 1. The van der Waals surface area contributed by atoms with E-state index in [2.05, 4.69) is 17.3 Å². The molecule has 0 aromatic carbocycles. The largest absolute Gasteiger partial charge is 0.348 e. The van der Waals surface area contributed by atoms with Gasteiger partial charge in [-0.3, -0.25) is 9.48 Å². The van der Waals surface area contributed by atoms with Crippen LogP contribution in [-0.4, -0.2) is 32.7 Å². The molecule has 0 aliphatic heterocycles. The maximum absolute atomic E-state index is 12.4. The Kier molecular flexibility index (Phi) is 4.55. The lowest BCUT2D eigenvalue weighted by molar-refractivity contribution is 0.0937. The van der Waals surface area contributed by atoms with Crippen molar-refractivity contribution < 1.29 is 4.79 Å². The van der Waals surface area contributed by atoms with Gasteiger partial charge in [-0.15, -0.1) is 0 Å². The molecule has 0 spiro atoms. The average Bonchev–Trinajstić information content (AvgIpc) is 2.86. The molecule has 0 saturated heterocycles. The maximum Gasteiger partial charge on any atom is 0.255 e. The van der Waals surface area contributed by atoms with E-state index in [0.29, 0.717) is 11.3 Å². The fourth-order valence-corrected chi connectivity index (χ4v) is 4.05. The van der Waals surface area contributed by atoms with Gasteiger partial charge in [0.05, 0.1) is 11.3 Å². The zero-order chi connectivity index (χ0) is 14.0. The van der Waals surface area contributed by atoms with Crippen molar-refractivity contribution in [1.29, 1.82) is 0 Å². The van der Waals surface area contributed by atoms with Crippen molar-refractivity contribution in [3.63, 3.8) is 0 Å². The third kappa shape index (κ3) is 2.96. The first-order valence-electron chi connectivity index (χ1n) is 6.97. The van der Waals surface area contributed by atoms with Crippen LogP contribution in [0, 0.1) is 13.8 Å². The highest BCUT2D eigenvalue weighted by Gasteiger charge is 2.30. The smallest absolute Gasteiger partial charge is 0.255 e. The van der Waals surface area contributed by atoms with Gasteiger partial charge in [0.1, 0.15) is 0 Å². The third-order valence-electron chi connectivity index (χ3n) is 3.89. The lowest BCUT2D eigenvalue weighted by Crippen LogP contribution is -2.39. The van der Waals surface area contributed by atoms with E-state index in [9.17, 15) is 4.79 Å². The van der Waals surface area contributed by atoms with E-state index >= 15 is 0 Å². The summed E-state index contributed by atoms with van der Waals surface area (Å²) in [6.45, 7) is 6.02. The van der Waals surface area contributed by atoms with Crippen LogP contribution in [0.5, 0.6) is 0 Å². The Morgan fingerprint density at radius 1 is 1.47 bits per heavy atom. The van der Waals surface area contributed by atoms with Crippen LogP contribution in [0.3, 0.4) is 0 Å². The van der Waals surface area contributed by atoms with E-state index in [1.807, 2.05) is 32.7 Å². The summed E-state index contributed by atoms with van der Waals surface area (Å²) in [5, 5.41) is 8.10. The summed E-state index contributed by atoms with van der Waals surface area (Å²) in [5.41, 5.74) is 2.50. The molecule has 19 heavy (non-hydrogen) atoms. The average molecular weight is 281 g/mol. The molecule has 1 amide bonds. The molecule has 0 radical (unpaired) electrons. The molecular formula is C14H23N3OS. The van der Waals surface area contributed by atoms with Crippen molar-refractivity contribution >= 4 is 17.7 Å². The van der Waals surface area contributed by atoms with Crippen LogP contribution in [0.1, 0.15) is 47.9 Å². The molecule has 2 rings (SSSR count). The molecule has 4 nitrogen and oxygen atoms in total. The monoisotopic (exact) mass is 281 g/mol. The Balaban J connectivity index is 2.08. The molecule has 0 bridgehead atoms. The van der Waals surface area contributed by atoms with Gasteiger partial charge in [-0.1, -0.05) is 13.3 Å². The summed E-state index contributed by atoms with van der Waals surface area (Å²) in [5.74, 6) is 1.15. The van der Waals surface area contributed by atoms with Crippen molar-refractivity contribution in [1.82, 2.24) is 15.1 Å². The van der Waals surface area contributed by atoms with Crippen LogP contribution in [0.2, 0.25) is 0 Å². The fourth-order valence-electron chi connectivity index (χ4n) is 2.85. The Labute approximate surface area is 119 Å². The molecule has 106 valence electrons.